The topological polar surface area (TPSA) is 61.8 Å². The van der Waals surface area contributed by atoms with Crippen LogP contribution in [0.3, 0.4) is 0 Å². The molecule has 128 valence electrons. The van der Waals surface area contributed by atoms with Crippen LogP contribution < -0.4 is 0 Å². The molecule has 0 radical (unpaired) electrons. The van der Waals surface area contributed by atoms with Crippen molar-refractivity contribution in [1.29, 1.82) is 0 Å². The molecule has 1 spiro atoms. The predicted octanol–water partition coefficient (Wildman–Crippen LogP) is 3.12. The summed E-state index contributed by atoms with van der Waals surface area (Å²) in [5.74, 6) is -1.89. The van der Waals surface area contributed by atoms with Gasteiger partial charge in [0.25, 0.3) is 0 Å². The van der Waals surface area contributed by atoms with Crippen molar-refractivity contribution in [2.24, 2.45) is 10.8 Å². The molecule has 0 bridgehead atoms. The molecule has 0 aromatic heterocycles. The summed E-state index contributed by atoms with van der Waals surface area (Å²) in [6, 6.07) is 0. The normalized spacial score (nSPS) is 34.9. The van der Waals surface area contributed by atoms with Crippen molar-refractivity contribution in [2.75, 3.05) is 7.11 Å². The molecule has 3 rings (SSSR count). The molecule has 1 heterocycles. The number of hydrogen-bond acceptors (Lipinski definition) is 5. The molecule has 2 aliphatic carbocycles. The first-order valence-corrected chi connectivity index (χ1v) is 8.38. The van der Waals surface area contributed by atoms with Crippen LogP contribution in [0.4, 0.5) is 0 Å². The highest BCUT2D eigenvalue weighted by Gasteiger charge is 2.68. The Morgan fingerprint density at radius 2 is 1.61 bits per heavy atom. The molecule has 5 nitrogen and oxygen atoms in total. The van der Waals surface area contributed by atoms with Gasteiger partial charge in [0.05, 0.1) is 16.4 Å². The van der Waals surface area contributed by atoms with Gasteiger partial charge in [0.2, 0.25) is 5.79 Å². The number of fused-ring (bicyclic) bond motifs is 1. The number of hydrogen-bond donors (Lipinski definition) is 0. The zero-order valence-electron chi connectivity index (χ0n) is 14.7. The Kier molecular flexibility index (Phi) is 3.64. The molecular weight excluding hydrogens is 296 g/mol. The molecular formula is C18H26O5. The average molecular weight is 322 g/mol. The fourth-order valence-electron chi connectivity index (χ4n) is 4.37. The lowest BCUT2D eigenvalue weighted by molar-refractivity contribution is -0.473. The average Bonchev–Trinajstić information content (AvgIpc) is 2.53. The molecule has 23 heavy (non-hydrogen) atoms. The molecule has 0 saturated heterocycles. The van der Waals surface area contributed by atoms with Crippen LogP contribution in [-0.4, -0.2) is 30.1 Å². The van der Waals surface area contributed by atoms with E-state index >= 15 is 0 Å². The highest BCUT2D eigenvalue weighted by Crippen LogP contribution is 2.55. The van der Waals surface area contributed by atoms with E-state index in [0.717, 1.165) is 32.1 Å². The fraction of sp³-hybridized carbons (Fsp3) is 0.778. The maximum atomic E-state index is 13.1. The molecule has 3 aliphatic rings. The van der Waals surface area contributed by atoms with E-state index in [1.165, 1.54) is 7.11 Å². The maximum absolute atomic E-state index is 13.1. The largest absolute Gasteiger partial charge is 0.346 e. The number of ketones is 2. The monoisotopic (exact) mass is 322 g/mol. The van der Waals surface area contributed by atoms with Gasteiger partial charge in [0.1, 0.15) is 5.60 Å². The summed E-state index contributed by atoms with van der Waals surface area (Å²) in [6.07, 6.45) is 6.75. The third kappa shape index (κ3) is 2.03. The first-order chi connectivity index (χ1) is 10.6. The number of methoxy groups -OCH3 is 1. The maximum Gasteiger partial charge on any atom is 0.242 e. The van der Waals surface area contributed by atoms with Crippen LogP contribution in [0.25, 0.3) is 0 Å². The summed E-state index contributed by atoms with van der Waals surface area (Å²) < 4.78 is 5.61. The molecule has 1 atom stereocenters. The SMILES string of the molecule is COC12OOC3(C=C1C(=O)C(C)(C)C(=O)C2(C)C)CCCCC3. The van der Waals surface area contributed by atoms with Gasteiger partial charge in [-0.3, -0.25) is 9.59 Å². The second kappa shape index (κ2) is 4.98. The van der Waals surface area contributed by atoms with Gasteiger partial charge in [-0.15, -0.1) is 0 Å². The minimum Gasteiger partial charge on any atom is -0.346 e. The third-order valence-corrected chi connectivity index (χ3v) is 5.84. The zero-order valence-corrected chi connectivity index (χ0v) is 14.7. The molecule has 1 unspecified atom stereocenters. The van der Waals surface area contributed by atoms with Crippen molar-refractivity contribution in [2.45, 2.75) is 71.2 Å². The van der Waals surface area contributed by atoms with E-state index in [2.05, 4.69) is 0 Å². The van der Waals surface area contributed by atoms with Crippen molar-refractivity contribution < 1.29 is 24.1 Å². The van der Waals surface area contributed by atoms with Crippen molar-refractivity contribution in [3.8, 4) is 0 Å². The van der Waals surface area contributed by atoms with Crippen LogP contribution in [-0.2, 0) is 24.1 Å². The molecule has 0 aromatic carbocycles. The molecule has 2 saturated carbocycles. The Morgan fingerprint density at radius 1 is 1.00 bits per heavy atom. The van der Waals surface area contributed by atoms with Gasteiger partial charge in [-0.05, 0) is 46.6 Å². The van der Waals surface area contributed by atoms with Crippen LogP contribution in [0.15, 0.2) is 11.6 Å². The summed E-state index contributed by atoms with van der Waals surface area (Å²) >= 11 is 0. The molecule has 0 aromatic rings. The van der Waals surface area contributed by atoms with E-state index in [1.807, 2.05) is 6.08 Å². The van der Waals surface area contributed by atoms with Crippen LogP contribution >= 0.6 is 0 Å². The Hall–Kier alpha value is -1.04. The Balaban J connectivity index is 2.18. The van der Waals surface area contributed by atoms with Gasteiger partial charge in [-0.1, -0.05) is 19.3 Å². The standard InChI is InChI=1S/C18H26O5/c1-15(2)13(19)12-11-17(9-7-6-8-10-17)22-23-18(12,21-5)16(3,4)14(15)20/h11H,6-10H2,1-5H3. The van der Waals surface area contributed by atoms with Crippen LogP contribution in [0.1, 0.15) is 59.8 Å². The van der Waals surface area contributed by atoms with E-state index in [1.54, 1.807) is 27.7 Å². The summed E-state index contributed by atoms with van der Waals surface area (Å²) in [5, 5.41) is 0. The highest BCUT2D eigenvalue weighted by molar-refractivity contribution is 6.19. The van der Waals surface area contributed by atoms with Crippen molar-refractivity contribution >= 4 is 11.6 Å². The van der Waals surface area contributed by atoms with E-state index in [9.17, 15) is 9.59 Å². The first-order valence-electron chi connectivity index (χ1n) is 8.38. The van der Waals surface area contributed by atoms with Crippen LogP contribution in [0, 0.1) is 10.8 Å². The minimum absolute atomic E-state index is 0.197. The van der Waals surface area contributed by atoms with Crippen molar-refractivity contribution in [3.63, 3.8) is 0 Å². The lowest BCUT2D eigenvalue weighted by Crippen LogP contribution is -2.67. The quantitative estimate of drug-likeness (QED) is 0.548. The van der Waals surface area contributed by atoms with Gasteiger partial charge in [0.15, 0.2) is 11.6 Å². The van der Waals surface area contributed by atoms with Crippen LogP contribution in [0.2, 0.25) is 0 Å². The minimum atomic E-state index is -1.47. The third-order valence-electron chi connectivity index (χ3n) is 5.84. The smallest absolute Gasteiger partial charge is 0.242 e. The molecule has 0 N–H and O–H groups in total. The summed E-state index contributed by atoms with van der Waals surface area (Å²) in [4.78, 5) is 37.5. The number of carbonyl (C=O) groups excluding carboxylic acids is 2. The van der Waals surface area contributed by atoms with Gasteiger partial charge in [-0.25, -0.2) is 4.89 Å². The lowest BCUT2D eigenvalue weighted by Gasteiger charge is -2.54. The Labute approximate surface area is 137 Å². The van der Waals surface area contributed by atoms with E-state index in [4.69, 9.17) is 14.5 Å². The summed E-state index contributed by atoms with van der Waals surface area (Å²) in [5.41, 5.74) is -2.25. The lowest BCUT2D eigenvalue weighted by atomic mass is 9.57. The zero-order chi connectivity index (χ0) is 17.1. The van der Waals surface area contributed by atoms with Gasteiger partial charge < -0.3 is 4.74 Å². The Morgan fingerprint density at radius 3 is 2.17 bits per heavy atom. The Bertz CT molecular complexity index is 580. The second-order valence-corrected chi connectivity index (χ2v) is 8.08. The van der Waals surface area contributed by atoms with E-state index in [-0.39, 0.29) is 11.6 Å². The summed E-state index contributed by atoms with van der Waals surface area (Å²) in [6.45, 7) is 6.87. The number of ether oxygens (including phenoxy) is 1. The number of Topliss-reactive ketones (excluding diaryl/α,β-unsaturated/α-hetero) is 2. The van der Waals surface area contributed by atoms with Crippen molar-refractivity contribution in [1.82, 2.24) is 0 Å². The molecule has 0 amide bonds. The molecule has 5 heteroatoms. The predicted molar refractivity (Wildman–Crippen MR) is 83.4 cm³/mol. The number of carbonyl (C=O) groups is 2. The fourth-order valence-corrected chi connectivity index (χ4v) is 4.37. The van der Waals surface area contributed by atoms with E-state index < -0.39 is 22.2 Å². The number of rotatable bonds is 1. The van der Waals surface area contributed by atoms with Gasteiger partial charge >= 0.3 is 0 Å². The first kappa shape index (κ1) is 16.8. The second-order valence-electron chi connectivity index (χ2n) is 8.08. The van der Waals surface area contributed by atoms with Gasteiger partial charge in [0, 0.05) is 7.11 Å². The van der Waals surface area contributed by atoms with Crippen LogP contribution in [0.5, 0.6) is 0 Å². The van der Waals surface area contributed by atoms with Gasteiger partial charge in [-0.2, -0.15) is 4.89 Å². The van der Waals surface area contributed by atoms with E-state index in [0.29, 0.717) is 5.57 Å². The molecule has 2 fully saturated rings. The molecule has 1 aliphatic heterocycles. The summed E-state index contributed by atoms with van der Waals surface area (Å²) in [7, 11) is 1.46. The van der Waals surface area contributed by atoms with Crippen molar-refractivity contribution in [3.05, 3.63) is 11.6 Å². The highest BCUT2D eigenvalue weighted by atomic mass is 17.2.